The van der Waals surface area contributed by atoms with E-state index in [1.807, 2.05) is 79.7 Å². The van der Waals surface area contributed by atoms with Gasteiger partial charge in [0.1, 0.15) is 0 Å². The van der Waals surface area contributed by atoms with Gasteiger partial charge in [0.25, 0.3) is 0 Å². The molecule has 6 heteroatoms. The Labute approximate surface area is 199 Å². The minimum atomic E-state index is -0.994. The summed E-state index contributed by atoms with van der Waals surface area (Å²) in [6.45, 7) is 1.82. The van der Waals surface area contributed by atoms with Gasteiger partial charge in [-0.2, -0.15) is 5.10 Å². The second-order valence-electron chi connectivity index (χ2n) is 8.21. The number of hydrazone groups is 1. The molecule has 0 saturated carbocycles. The maximum Gasteiger partial charge on any atom is 0.337 e. The standard InChI is InChI=1S/C28H26N2O4/c1-28(27(32)34-3)19-25(22-13-15-23(16-14-22)26(31)33-2)29-30(28)24-17-11-21(12-18-24)10-9-20-7-5-4-6-8-20/h4-18H,19H2,1-3H3/b10-9+. The van der Waals surface area contributed by atoms with Gasteiger partial charge < -0.3 is 9.47 Å². The fourth-order valence-electron chi connectivity index (χ4n) is 3.95. The molecule has 0 N–H and O–H groups in total. The van der Waals surface area contributed by atoms with Gasteiger partial charge in [-0.25, -0.2) is 14.6 Å². The Morgan fingerprint density at radius 3 is 2.06 bits per heavy atom. The lowest BCUT2D eigenvalue weighted by atomic mass is 9.92. The smallest absolute Gasteiger partial charge is 0.337 e. The first-order valence-corrected chi connectivity index (χ1v) is 10.9. The Bertz CT molecular complexity index is 1230. The lowest BCUT2D eigenvalue weighted by molar-refractivity contribution is -0.146. The van der Waals surface area contributed by atoms with Crippen LogP contribution in [-0.2, 0) is 14.3 Å². The van der Waals surface area contributed by atoms with Crippen molar-refractivity contribution >= 4 is 35.5 Å². The number of methoxy groups -OCH3 is 2. The van der Waals surface area contributed by atoms with Gasteiger partial charge in [-0.3, -0.25) is 0 Å². The summed E-state index contributed by atoms with van der Waals surface area (Å²) in [5.41, 5.74) is 3.96. The molecule has 1 unspecified atom stereocenters. The lowest BCUT2D eigenvalue weighted by Crippen LogP contribution is -2.48. The predicted molar refractivity (Wildman–Crippen MR) is 134 cm³/mol. The number of ether oxygens (including phenoxy) is 2. The zero-order valence-electron chi connectivity index (χ0n) is 19.4. The van der Waals surface area contributed by atoms with Gasteiger partial charge in [0.05, 0.1) is 31.2 Å². The van der Waals surface area contributed by atoms with Crippen molar-refractivity contribution in [3.8, 4) is 0 Å². The second-order valence-corrected chi connectivity index (χ2v) is 8.21. The second kappa shape index (κ2) is 9.75. The summed E-state index contributed by atoms with van der Waals surface area (Å²) in [5, 5.41) is 6.50. The Morgan fingerprint density at radius 1 is 0.853 bits per heavy atom. The van der Waals surface area contributed by atoms with Crippen LogP contribution in [0.5, 0.6) is 0 Å². The Morgan fingerprint density at radius 2 is 1.47 bits per heavy atom. The minimum Gasteiger partial charge on any atom is -0.467 e. The summed E-state index contributed by atoms with van der Waals surface area (Å²) in [5.74, 6) is -0.771. The number of carbonyl (C=O) groups is 2. The van der Waals surface area contributed by atoms with Crippen molar-refractivity contribution in [2.75, 3.05) is 19.2 Å². The van der Waals surface area contributed by atoms with E-state index in [1.54, 1.807) is 17.1 Å². The molecule has 0 aliphatic carbocycles. The SMILES string of the molecule is COC(=O)c1ccc(C2=NN(c3ccc(/C=C/c4ccccc4)cc3)C(C)(C(=O)OC)C2)cc1. The van der Waals surface area contributed by atoms with Crippen LogP contribution in [0, 0.1) is 0 Å². The molecule has 0 fully saturated rings. The van der Waals surface area contributed by atoms with Crippen LogP contribution in [0.1, 0.15) is 40.4 Å². The van der Waals surface area contributed by atoms with Gasteiger partial charge >= 0.3 is 11.9 Å². The van der Waals surface area contributed by atoms with E-state index in [-0.39, 0.29) is 5.97 Å². The summed E-state index contributed by atoms with van der Waals surface area (Å²) < 4.78 is 9.89. The van der Waals surface area contributed by atoms with Crippen LogP contribution in [0.25, 0.3) is 12.2 Å². The van der Waals surface area contributed by atoms with Crippen molar-refractivity contribution in [1.29, 1.82) is 0 Å². The molecule has 34 heavy (non-hydrogen) atoms. The normalized spacial score (nSPS) is 17.5. The fraction of sp³-hybridized carbons (Fsp3) is 0.179. The molecule has 0 bridgehead atoms. The highest BCUT2D eigenvalue weighted by molar-refractivity contribution is 6.08. The van der Waals surface area contributed by atoms with Crippen molar-refractivity contribution in [2.45, 2.75) is 18.9 Å². The van der Waals surface area contributed by atoms with Crippen molar-refractivity contribution < 1.29 is 19.1 Å². The molecule has 1 aliphatic heterocycles. The van der Waals surface area contributed by atoms with Crippen molar-refractivity contribution in [2.24, 2.45) is 5.10 Å². The maximum atomic E-state index is 12.8. The van der Waals surface area contributed by atoms with Gasteiger partial charge in [-0.05, 0) is 47.9 Å². The third-order valence-corrected chi connectivity index (χ3v) is 5.87. The quantitative estimate of drug-likeness (QED) is 0.379. The molecule has 1 atom stereocenters. The Balaban J connectivity index is 1.62. The number of esters is 2. The molecule has 3 aromatic carbocycles. The van der Waals surface area contributed by atoms with E-state index in [1.165, 1.54) is 14.2 Å². The van der Waals surface area contributed by atoms with Crippen LogP contribution < -0.4 is 5.01 Å². The van der Waals surface area contributed by atoms with E-state index >= 15 is 0 Å². The molecule has 1 aliphatic rings. The van der Waals surface area contributed by atoms with Gasteiger partial charge in [-0.1, -0.05) is 66.7 Å². The number of carbonyl (C=O) groups excluding carboxylic acids is 2. The van der Waals surface area contributed by atoms with Crippen LogP contribution in [-0.4, -0.2) is 37.4 Å². The summed E-state index contributed by atoms with van der Waals surface area (Å²) in [6.07, 6.45) is 4.46. The fourth-order valence-corrected chi connectivity index (χ4v) is 3.95. The zero-order chi connectivity index (χ0) is 24.1. The summed E-state index contributed by atoms with van der Waals surface area (Å²) >= 11 is 0. The molecule has 0 aromatic heterocycles. The first-order chi connectivity index (χ1) is 16.4. The minimum absolute atomic E-state index is 0.368. The molecule has 4 rings (SSSR count). The molecule has 0 radical (unpaired) electrons. The first-order valence-electron chi connectivity index (χ1n) is 10.9. The lowest BCUT2D eigenvalue weighted by Gasteiger charge is -2.31. The van der Waals surface area contributed by atoms with Crippen LogP contribution in [0.4, 0.5) is 5.69 Å². The zero-order valence-corrected chi connectivity index (χ0v) is 19.4. The monoisotopic (exact) mass is 454 g/mol. The third kappa shape index (κ3) is 4.62. The summed E-state index contributed by atoms with van der Waals surface area (Å²) in [4.78, 5) is 24.5. The average Bonchev–Trinajstić information content (AvgIpc) is 3.26. The molecular weight excluding hydrogens is 428 g/mol. The Kier molecular flexibility index (Phi) is 6.59. The van der Waals surface area contributed by atoms with Gasteiger partial charge in [0, 0.05) is 6.42 Å². The van der Waals surface area contributed by atoms with Crippen LogP contribution in [0.3, 0.4) is 0 Å². The number of hydrogen-bond donors (Lipinski definition) is 0. The summed E-state index contributed by atoms with van der Waals surface area (Å²) in [6, 6.07) is 25.0. The predicted octanol–water partition coefficient (Wildman–Crippen LogP) is 5.19. The highest BCUT2D eigenvalue weighted by atomic mass is 16.5. The maximum absolute atomic E-state index is 12.8. The molecule has 1 heterocycles. The molecular formula is C28H26N2O4. The van der Waals surface area contributed by atoms with Crippen molar-refractivity contribution in [3.05, 3.63) is 101 Å². The topological polar surface area (TPSA) is 68.2 Å². The molecule has 6 nitrogen and oxygen atoms in total. The molecule has 0 amide bonds. The number of rotatable bonds is 6. The molecule has 0 saturated heterocycles. The molecule has 3 aromatic rings. The number of anilines is 1. The third-order valence-electron chi connectivity index (χ3n) is 5.87. The molecule has 0 spiro atoms. The van der Waals surface area contributed by atoms with Crippen molar-refractivity contribution in [1.82, 2.24) is 0 Å². The number of benzene rings is 3. The van der Waals surface area contributed by atoms with E-state index in [0.29, 0.717) is 12.0 Å². The summed E-state index contributed by atoms with van der Waals surface area (Å²) in [7, 11) is 2.73. The highest BCUT2D eigenvalue weighted by Crippen LogP contribution is 2.36. The van der Waals surface area contributed by atoms with E-state index in [9.17, 15) is 9.59 Å². The van der Waals surface area contributed by atoms with E-state index in [0.717, 1.165) is 28.1 Å². The van der Waals surface area contributed by atoms with Crippen LogP contribution >= 0.6 is 0 Å². The van der Waals surface area contributed by atoms with E-state index in [2.05, 4.69) is 6.08 Å². The van der Waals surface area contributed by atoms with Gasteiger partial charge in [0.2, 0.25) is 0 Å². The highest BCUT2D eigenvalue weighted by Gasteiger charge is 2.47. The van der Waals surface area contributed by atoms with E-state index in [4.69, 9.17) is 14.6 Å². The molecule has 172 valence electrons. The number of nitrogens with zero attached hydrogens (tertiary/aromatic N) is 2. The van der Waals surface area contributed by atoms with Gasteiger partial charge in [-0.15, -0.1) is 0 Å². The Hall–Kier alpha value is -4.19. The first kappa shape index (κ1) is 23.0. The number of hydrogen-bond acceptors (Lipinski definition) is 6. The van der Waals surface area contributed by atoms with Crippen molar-refractivity contribution in [3.63, 3.8) is 0 Å². The van der Waals surface area contributed by atoms with Crippen LogP contribution in [0.2, 0.25) is 0 Å². The largest absolute Gasteiger partial charge is 0.467 e. The van der Waals surface area contributed by atoms with Crippen LogP contribution in [0.15, 0.2) is 84.0 Å². The van der Waals surface area contributed by atoms with E-state index < -0.39 is 11.5 Å². The van der Waals surface area contributed by atoms with Gasteiger partial charge in [0.15, 0.2) is 5.54 Å². The average molecular weight is 455 g/mol.